The number of ether oxygens (including phenoxy) is 2. The molecule has 0 aliphatic rings. The molecule has 0 bridgehead atoms. The Bertz CT molecular complexity index is 1190. The summed E-state index contributed by atoms with van der Waals surface area (Å²) in [6.45, 7) is 5.43. The molecular weight excluding hydrogens is 474 g/mol. The summed E-state index contributed by atoms with van der Waals surface area (Å²) >= 11 is 3.41. The van der Waals surface area contributed by atoms with Gasteiger partial charge in [0, 0.05) is 16.5 Å². The van der Waals surface area contributed by atoms with Crippen molar-refractivity contribution in [3.8, 4) is 5.75 Å². The summed E-state index contributed by atoms with van der Waals surface area (Å²) in [5.74, 6) is 0.618. The molecule has 0 aliphatic carbocycles. The molecule has 2 aromatic carbocycles. The van der Waals surface area contributed by atoms with Gasteiger partial charge in [0.25, 0.3) is 5.56 Å². The van der Waals surface area contributed by atoms with Crippen molar-refractivity contribution >= 4 is 39.0 Å². The third-order valence-electron chi connectivity index (χ3n) is 4.57. The summed E-state index contributed by atoms with van der Waals surface area (Å²) in [6, 6.07) is 12.6. The molecule has 0 spiro atoms. The molecule has 0 radical (unpaired) electrons. The Morgan fingerprint density at radius 2 is 2.03 bits per heavy atom. The first-order valence-corrected chi connectivity index (χ1v) is 11.3. The molecule has 0 atom stereocenters. The van der Waals surface area contributed by atoms with Crippen LogP contribution in [0, 0.1) is 0 Å². The maximum absolute atomic E-state index is 13.2. The number of carbonyl (C=O) groups excluding carboxylic acids is 1. The standard InChI is InChI=1S/C24H26BrN3O4/c1-4-5-10-22-27-20-12-11-18(25)13-19(20)24(30)28(22)26-14-17-8-6-7-9-21(17)31-15-23(29)32-16(2)3/h6-9,11-14,16H,4-5,10,15H2,1-3H3. The predicted octanol–water partition coefficient (Wildman–Crippen LogP) is 4.71. The number of esters is 1. The predicted molar refractivity (Wildman–Crippen MR) is 128 cm³/mol. The molecule has 0 amide bonds. The first-order valence-electron chi connectivity index (χ1n) is 10.6. The SMILES string of the molecule is CCCCc1nc2ccc(Br)cc2c(=O)n1N=Cc1ccccc1OCC(=O)OC(C)C. The lowest BCUT2D eigenvalue weighted by molar-refractivity contribution is -0.149. The Morgan fingerprint density at radius 1 is 1.25 bits per heavy atom. The summed E-state index contributed by atoms with van der Waals surface area (Å²) in [6.07, 6.45) is 3.83. The van der Waals surface area contributed by atoms with E-state index in [4.69, 9.17) is 9.47 Å². The van der Waals surface area contributed by atoms with E-state index in [-0.39, 0.29) is 18.3 Å². The quantitative estimate of drug-likeness (QED) is 0.314. The molecule has 0 fully saturated rings. The molecule has 0 saturated heterocycles. The van der Waals surface area contributed by atoms with Crippen LogP contribution in [0.15, 0.2) is 56.8 Å². The Balaban J connectivity index is 1.95. The van der Waals surface area contributed by atoms with Gasteiger partial charge in [-0.1, -0.05) is 41.4 Å². The van der Waals surface area contributed by atoms with Crippen LogP contribution in [0.2, 0.25) is 0 Å². The summed E-state index contributed by atoms with van der Waals surface area (Å²) in [4.78, 5) is 29.7. The Labute approximate surface area is 195 Å². The van der Waals surface area contributed by atoms with Crippen LogP contribution < -0.4 is 10.3 Å². The topological polar surface area (TPSA) is 82.8 Å². The first kappa shape index (κ1) is 23.7. The molecule has 0 aliphatic heterocycles. The number of aryl methyl sites for hydroxylation is 1. The van der Waals surface area contributed by atoms with Crippen molar-refractivity contribution in [2.75, 3.05) is 6.61 Å². The van der Waals surface area contributed by atoms with Crippen molar-refractivity contribution in [1.82, 2.24) is 9.66 Å². The van der Waals surface area contributed by atoms with Crippen molar-refractivity contribution in [2.45, 2.75) is 46.1 Å². The minimum atomic E-state index is -0.450. The number of nitrogens with zero attached hydrogens (tertiary/aromatic N) is 3. The van der Waals surface area contributed by atoms with E-state index < -0.39 is 5.97 Å². The number of rotatable bonds is 9. The van der Waals surface area contributed by atoms with Gasteiger partial charge in [0.15, 0.2) is 6.61 Å². The van der Waals surface area contributed by atoms with Gasteiger partial charge < -0.3 is 9.47 Å². The zero-order valence-electron chi connectivity index (χ0n) is 18.4. The Hall–Kier alpha value is -3.00. The summed E-state index contributed by atoms with van der Waals surface area (Å²) in [5.41, 5.74) is 1.04. The van der Waals surface area contributed by atoms with Crippen LogP contribution in [0.4, 0.5) is 0 Å². The van der Waals surface area contributed by atoms with E-state index in [0.717, 1.165) is 17.3 Å². The highest BCUT2D eigenvalue weighted by Gasteiger charge is 2.12. The molecular formula is C24H26BrN3O4. The highest BCUT2D eigenvalue weighted by atomic mass is 79.9. The average molecular weight is 500 g/mol. The highest BCUT2D eigenvalue weighted by Crippen LogP contribution is 2.18. The Kier molecular flexibility index (Phi) is 8.16. The number of benzene rings is 2. The largest absolute Gasteiger partial charge is 0.481 e. The number of unbranched alkanes of at least 4 members (excludes halogenated alkanes) is 1. The molecule has 1 heterocycles. The van der Waals surface area contributed by atoms with Crippen molar-refractivity contribution in [2.24, 2.45) is 5.10 Å². The zero-order chi connectivity index (χ0) is 23.1. The van der Waals surface area contributed by atoms with Crippen LogP contribution in [0.5, 0.6) is 5.75 Å². The summed E-state index contributed by atoms with van der Waals surface area (Å²) in [7, 11) is 0. The maximum Gasteiger partial charge on any atom is 0.344 e. The van der Waals surface area contributed by atoms with Crippen molar-refractivity contribution in [1.29, 1.82) is 0 Å². The van der Waals surface area contributed by atoms with Gasteiger partial charge in [-0.15, -0.1) is 0 Å². The number of carbonyl (C=O) groups is 1. The number of hydrogen-bond acceptors (Lipinski definition) is 6. The number of hydrogen-bond donors (Lipinski definition) is 0. The minimum Gasteiger partial charge on any atom is -0.481 e. The second-order valence-electron chi connectivity index (χ2n) is 7.52. The van der Waals surface area contributed by atoms with Crippen molar-refractivity contribution in [3.05, 3.63) is 68.7 Å². The second-order valence-corrected chi connectivity index (χ2v) is 8.44. The first-order chi connectivity index (χ1) is 15.4. The van der Waals surface area contributed by atoms with Crippen LogP contribution in [0.25, 0.3) is 10.9 Å². The van der Waals surface area contributed by atoms with Gasteiger partial charge in [-0.25, -0.2) is 9.78 Å². The van der Waals surface area contributed by atoms with Gasteiger partial charge >= 0.3 is 5.97 Å². The zero-order valence-corrected chi connectivity index (χ0v) is 20.0. The lowest BCUT2D eigenvalue weighted by Crippen LogP contribution is -2.22. The van der Waals surface area contributed by atoms with Crippen LogP contribution in [-0.2, 0) is 16.0 Å². The summed E-state index contributed by atoms with van der Waals surface area (Å²) in [5, 5.41) is 4.93. The fourth-order valence-corrected chi connectivity index (χ4v) is 3.44. The lowest BCUT2D eigenvalue weighted by Gasteiger charge is -2.11. The van der Waals surface area contributed by atoms with Crippen LogP contribution in [0.1, 0.15) is 45.0 Å². The van der Waals surface area contributed by atoms with E-state index in [1.807, 2.05) is 18.2 Å². The van der Waals surface area contributed by atoms with E-state index in [9.17, 15) is 9.59 Å². The molecule has 0 unspecified atom stereocenters. The second kappa shape index (κ2) is 11.0. The van der Waals surface area contributed by atoms with Gasteiger partial charge in [0.1, 0.15) is 11.6 Å². The smallest absolute Gasteiger partial charge is 0.344 e. The van der Waals surface area contributed by atoms with E-state index >= 15 is 0 Å². The number of para-hydroxylation sites is 1. The van der Waals surface area contributed by atoms with Crippen LogP contribution in [-0.4, -0.2) is 34.6 Å². The number of fused-ring (bicyclic) bond motifs is 1. The van der Waals surface area contributed by atoms with Crippen LogP contribution in [0.3, 0.4) is 0 Å². The Morgan fingerprint density at radius 3 is 2.78 bits per heavy atom. The third-order valence-corrected chi connectivity index (χ3v) is 5.07. The lowest BCUT2D eigenvalue weighted by atomic mass is 10.2. The molecule has 32 heavy (non-hydrogen) atoms. The molecule has 3 aromatic rings. The molecule has 0 N–H and O–H groups in total. The highest BCUT2D eigenvalue weighted by molar-refractivity contribution is 9.10. The fourth-order valence-electron chi connectivity index (χ4n) is 3.08. The molecule has 7 nitrogen and oxygen atoms in total. The molecule has 0 saturated carbocycles. The van der Waals surface area contributed by atoms with Crippen LogP contribution >= 0.6 is 15.9 Å². The molecule has 168 valence electrons. The van der Waals surface area contributed by atoms with Gasteiger partial charge in [-0.3, -0.25) is 4.79 Å². The summed E-state index contributed by atoms with van der Waals surface area (Å²) < 4.78 is 12.9. The van der Waals surface area contributed by atoms with E-state index in [0.29, 0.717) is 34.5 Å². The van der Waals surface area contributed by atoms with E-state index in [2.05, 4.69) is 32.9 Å². The maximum atomic E-state index is 13.2. The number of halogens is 1. The normalized spacial score (nSPS) is 11.4. The number of aromatic nitrogens is 2. The molecule has 3 rings (SSSR count). The van der Waals surface area contributed by atoms with E-state index in [1.165, 1.54) is 4.68 Å². The van der Waals surface area contributed by atoms with Crippen molar-refractivity contribution < 1.29 is 14.3 Å². The minimum absolute atomic E-state index is 0.211. The monoisotopic (exact) mass is 499 g/mol. The molecule has 1 aromatic heterocycles. The van der Waals surface area contributed by atoms with E-state index in [1.54, 1.807) is 44.3 Å². The van der Waals surface area contributed by atoms with Gasteiger partial charge in [-0.2, -0.15) is 9.78 Å². The van der Waals surface area contributed by atoms with Crippen molar-refractivity contribution in [3.63, 3.8) is 0 Å². The van der Waals surface area contributed by atoms with Gasteiger partial charge in [0.05, 0.1) is 23.2 Å². The fraction of sp³-hybridized carbons (Fsp3) is 0.333. The van der Waals surface area contributed by atoms with Gasteiger partial charge in [-0.05, 0) is 50.6 Å². The third kappa shape index (κ3) is 6.03. The van der Waals surface area contributed by atoms with Gasteiger partial charge in [0.2, 0.25) is 0 Å². The average Bonchev–Trinajstić information content (AvgIpc) is 2.76. The molecule has 8 heteroatoms.